The molecule has 2 rings (SSSR count). The van der Waals surface area contributed by atoms with Gasteiger partial charge in [0.15, 0.2) is 0 Å². The minimum absolute atomic E-state index is 0. The average Bonchev–Trinajstić information content (AvgIpc) is 2.65. The number of unbranched alkanes of at least 4 members (excludes halogenated alkanes) is 2. The van der Waals surface area contributed by atoms with Gasteiger partial charge in [0, 0.05) is 22.6 Å². The maximum Gasteiger partial charge on any atom is 0.0459 e. The minimum Gasteiger partial charge on any atom is -0.358 e. The molecule has 2 nitrogen and oxygen atoms in total. The van der Waals surface area contributed by atoms with E-state index in [2.05, 4.69) is 43.1 Å². The first-order valence-corrected chi connectivity index (χ1v) is 6.56. The first kappa shape index (κ1) is 15.1. The number of H-pyrrole nitrogens is 1. The SMILES string of the molecule is CCCCC[C@@H](N)c1c(C)[nH]c2ccccc12.Cl. The predicted molar refractivity (Wildman–Crippen MR) is 81.4 cm³/mol. The maximum absolute atomic E-state index is 6.33. The molecule has 2 aromatic rings. The molecular weight excluding hydrogens is 244 g/mol. The molecule has 0 unspecified atom stereocenters. The number of hydrogen-bond donors (Lipinski definition) is 2. The minimum atomic E-state index is 0. The number of nitrogens with two attached hydrogens (primary N) is 1. The van der Waals surface area contributed by atoms with E-state index in [0.717, 1.165) is 6.42 Å². The van der Waals surface area contributed by atoms with Crippen molar-refractivity contribution in [1.29, 1.82) is 0 Å². The van der Waals surface area contributed by atoms with E-state index in [9.17, 15) is 0 Å². The van der Waals surface area contributed by atoms with Crippen molar-refractivity contribution in [3.63, 3.8) is 0 Å². The summed E-state index contributed by atoms with van der Waals surface area (Å²) in [5.41, 5.74) is 10.0. The second kappa shape index (κ2) is 6.81. The van der Waals surface area contributed by atoms with Crippen molar-refractivity contribution in [1.82, 2.24) is 4.98 Å². The van der Waals surface area contributed by atoms with Crippen LogP contribution in [-0.4, -0.2) is 4.98 Å². The molecule has 0 saturated carbocycles. The Hall–Kier alpha value is -0.990. The molecule has 0 spiro atoms. The van der Waals surface area contributed by atoms with Gasteiger partial charge in [0.05, 0.1) is 0 Å². The van der Waals surface area contributed by atoms with Crippen molar-refractivity contribution in [2.75, 3.05) is 0 Å². The third-order valence-corrected chi connectivity index (χ3v) is 3.43. The quantitative estimate of drug-likeness (QED) is 0.770. The Bertz CT molecular complexity index is 490. The van der Waals surface area contributed by atoms with Gasteiger partial charge in [-0.1, -0.05) is 44.4 Å². The topological polar surface area (TPSA) is 41.8 Å². The summed E-state index contributed by atoms with van der Waals surface area (Å²) in [5, 5.41) is 1.29. The molecule has 3 heteroatoms. The van der Waals surface area contributed by atoms with E-state index in [0.29, 0.717) is 0 Å². The number of rotatable bonds is 5. The lowest BCUT2D eigenvalue weighted by molar-refractivity contribution is 0.582. The molecule has 0 aliphatic rings. The van der Waals surface area contributed by atoms with Crippen molar-refractivity contribution in [2.45, 2.75) is 45.6 Å². The summed E-state index contributed by atoms with van der Waals surface area (Å²) >= 11 is 0. The van der Waals surface area contributed by atoms with Gasteiger partial charge in [0.25, 0.3) is 0 Å². The summed E-state index contributed by atoms with van der Waals surface area (Å²) in [5.74, 6) is 0. The van der Waals surface area contributed by atoms with E-state index in [1.807, 2.05) is 0 Å². The van der Waals surface area contributed by atoms with Crippen LogP contribution in [-0.2, 0) is 0 Å². The molecule has 0 radical (unpaired) electrons. The lowest BCUT2D eigenvalue weighted by atomic mass is 9.98. The van der Waals surface area contributed by atoms with Crippen molar-refractivity contribution in [2.24, 2.45) is 5.73 Å². The zero-order chi connectivity index (χ0) is 12.3. The molecule has 1 atom stereocenters. The van der Waals surface area contributed by atoms with Crippen LogP contribution in [0, 0.1) is 6.92 Å². The van der Waals surface area contributed by atoms with Crippen LogP contribution >= 0.6 is 12.4 Å². The van der Waals surface area contributed by atoms with E-state index in [4.69, 9.17) is 5.73 Å². The van der Waals surface area contributed by atoms with Crippen LogP contribution in [0.25, 0.3) is 10.9 Å². The summed E-state index contributed by atoms with van der Waals surface area (Å²) in [6, 6.07) is 8.58. The highest BCUT2D eigenvalue weighted by molar-refractivity contribution is 5.85. The Labute approximate surface area is 115 Å². The number of aromatic nitrogens is 1. The number of benzene rings is 1. The first-order valence-electron chi connectivity index (χ1n) is 6.56. The molecule has 1 aromatic heterocycles. The highest BCUT2D eigenvalue weighted by Crippen LogP contribution is 2.29. The molecule has 18 heavy (non-hydrogen) atoms. The molecule has 0 aliphatic heterocycles. The van der Waals surface area contributed by atoms with Crippen LogP contribution in [0.3, 0.4) is 0 Å². The van der Waals surface area contributed by atoms with E-state index in [1.54, 1.807) is 0 Å². The fourth-order valence-corrected chi connectivity index (χ4v) is 2.53. The Balaban J connectivity index is 0.00000162. The van der Waals surface area contributed by atoms with Crippen LogP contribution < -0.4 is 5.73 Å². The number of aryl methyl sites for hydroxylation is 1. The van der Waals surface area contributed by atoms with Gasteiger partial charge in [-0.2, -0.15) is 0 Å². The molecule has 1 heterocycles. The lowest BCUT2D eigenvalue weighted by Gasteiger charge is -2.12. The van der Waals surface area contributed by atoms with E-state index < -0.39 is 0 Å². The Kier molecular flexibility index (Phi) is 5.70. The number of para-hydroxylation sites is 1. The molecule has 100 valence electrons. The van der Waals surface area contributed by atoms with Crippen molar-refractivity contribution >= 4 is 23.3 Å². The second-order valence-corrected chi connectivity index (χ2v) is 4.81. The fourth-order valence-electron chi connectivity index (χ4n) is 2.53. The third kappa shape index (κ3) is 3.06. The Morgan fingerprint density at radius 3 is 2.67 bits per heavy atom. The van der Waals surface area contributed by atoms with E-state index in [1.165, 1.54) is 41.4 Å². The maximum atomic E-state index is 6.33. The molecule has 0 bridgehead atoms. The van der Waals surface area contributed by atoms with Gasteiger partial charge in [0.1, 0.15) is 0 Å². The van der Waals surface area contributed by atoms with Crippen molar-refractivity contribution in [3.8, 4) is 0 Å². The normalized spacial score (nSPS) is 12.4. The zero-order valence-electron chi connectivity index (χ0n) is 11.2. The lowest BCUT2D eigenvalue weighted by Crippen LogP contribution is -2.10. The molecule has 1 aromatic carbocycles. The van der Waals surface area contributed by atoms with Crippen LogP contribution in [0.5, 0.6) is 0 Å². The molecule has 0 fully saturated rings. The number of aromatic amines is 1. The van der Waals surface area contributed by atoms with Gasteiger partial charge in [-0.25, -0.2) is 0 Å². The van der Waals surface area contributed by atoms with E-state index >= 15 is 0 Å². The summed E-state index contributed by atoms with van der Waals surface area (Å²) < 4.78 is 0. The van der Waals surface area contributed by atoms with Gasteiger partial charge in [-0.05, 0) is 25.0 Å². The molecule has 3 N–H and O–H groups in total. The number of halogens is 1. The average molecular weight is 267 g/mol. The predicted octanol–water partition coefficient (Wildman–Crippen LogP) is 4.48. The number of nitrogens with one attached hydrogen (secondary N) is 1. The van der Waals surface area contributed by atoms with Crippen LogP contribution in [0.2, 0.25) is 0 Å². The monoisotopic (exact) mass is 266 g/mol. The Morgan fingerprint density at radius 1 is 1.22 bits per heavy atom. The molecule has 0 aliphatic carbocycles. The van der Waals surface area contributed by atoms with Crippen LogP contribution in [0.15, 0.2) is 24.3 Å². The van der Waals surface area contributed by atoms with E-state index in [-0.39, 0.29) is 18.4 Å². The third-order valence-electron chi connectivity index (χ3n) is 3.43. The van der Waals surface area contributed by atoms with Crippen molar-refractivity contribution < 1.29 is 0 Å². The summed E-state index contributed by atoms with van der Waals surface area (Å²) in [6.45, 7) is 4.34. The van der Waals surface area contributed by atoms with Crippen LogP contribution in [0.4, 0.5) is 0 Å². The van der Waals surface area contributed by atoms with Gasteiger partial charge >= 0.3 is 0 Å². The first-order chi connectivity index (χ1) is 8.24. The number of hydrogen-bond acceptors (Lipinski definition) is 1. The second-order valence-electron chi connectivity index (χ2n) is 4.81. The highest BCUT2D eigenvalue weighted by Gasteiger charge is 2.14. The van der Waals surface area contributed by atoms with Gasteiger partial charge in [-0.3, -0.25) is 0 Å². The molecule has 0 amide bonds. The van der Waals surface area contributed by atoms with Gasteiger partial charge < -0.3 is 10.7 Å². The fraction of sp³-hybridized carbons (Fsp3) is 0.467. The largest absolute Gasteiger partial charge is 0.358 e. The molecular formula is C15H23ClN2. The van der Waals surface area contributed by atoms with Gasteiger partial charge in [-0.15, -0.1) is 12.4 Å². The van der Waals surface area contributed by atoms with Crippen LogP contribution in [0.1, 0.15) is 49.9 Å². The smallest absolute Gasteiger partial charge is 0.0459 e. The molecule has 0 saturated heterocycles. The standard InChI is InChI=1S/C15H22N2.ClH/c1-3-4-5-9-13(16)15-11(2)17-14-10-7-6-8-12(14)15;/h6-8,10,13,17H,3-5,9,16H2,1-2H3;1H/t13-;/m1./s1. The highest BCUT2D eigenvalue weighted by atomic mass is 35.5. The Morgan fingerprint density at radius 2 is 1.94 bits per heavy atom. The summed E-state index contributed by atoms with van der Waals surface area (Å²) in [4.78, 5) is 3.42. The number of fused-ring (bicyclic) bond motifs is 1. The van der Waals surface area contributed by atoms with Crippen molar-refractivity contribution in [3.05, 3.63) is 35.5 Å². The zero-order valence-corrected chi connectivity index (χ0v) is 12.0. The van der Waals surface area contributed by atoms with Gasteiger partial charge in [0.2, 0.25) is 0 Å². The summed E-state index contributed by atoms with van der Waals surface area (Å²) in [6.07, 6.45) is 4.82. The summed E-state index contributed by atoms with van der Waals surface area (Å²) in [7, 11) is 0.